The van der Waals surface area contributed by atoms with Crippen LogP contribution in [0, 0.1) is 0 Å². The van der Waals surface area contributed by atoms with Crippen molar-refractivity contribution < 1.29 is 37.3 Å². The van der Waals surface area contributed by atoms with Gasteiger partial charge in [0.2, 0.25) is 5.75 Å². The highest BCUT2D eigenvalue weighted by Gasteiger charge is 2.31. The minimum absolute atomic E-state index is 0.0861. The zero-order chi connectivity index (χ0) is 22.1. The van der Waals surface area contributed by atoms with E-state index < -0.39 is 23.4 Å². The Morgan fingerprint density at radius 3 is 2.10 bits per heavy atom. The number of methoxy groups -OCH3 is 3. The number of nitrogens with zero attached hydrogens (tertiary/aromatic N) is 2. The zero-order valence-corrected chi connectivity index (χ0v) is 16.0. The molecule has 0 bridgehead atoms. The first-order valence-electron chi connectivity index (χ1n) is 8.37. The van der Waals surface area contributed by atoms with Crippen LogP contribution >= 0.6 is 0 Å². The van der Waals surface area contributed by atoms with Gasteiger partial charge < -0.3 is 24.6 Å². The van der Waals surface area contributed by atoms with Gasteiger partial charge in [-0.15, -0.1) is 0 Å². The number of carboxylic acids is 1. The Balaban J connectivity index is 2.12. The third kappa shape index (κ3) is 4.00. The number of hydrogen-bond acceptors (Lipinski definition) is 7. The number of carbonyl (C=O) groups is 1. The first-order valence-corrected chi connectivity index (χ1v) is 8.37. The summed E-state index contributed by atoms with van der Waals surface area (Å²) in [6.07, 6.45) is -4.59. The van der Waals surface area contributed by atoms with Gasteiger partial charge in [-0.25, -0.2) is 14.8 Å². The number of aromatic carboxylic acids is 1. The van der Waals surface area contributed by atoms with Gasteiger partial charge in [0.05, 0.1) is 37.9 Å². The SMILES string of the molecule is COc1cc(Nc2nc3ccc(C(F)(F)F)cc3nc2C(=O)O)cc(OC)c1OC. The number of ether oxygens (including phenoxy) is 3. The predicted molar refractivity (Wildman–Crippen MR) is 101 cm³/mol. The molecule has 3 rings (SSSR count). The monoisotopic (exact) mass is 423 g/mol. The Bertz CT molecular complexity index is 1090. The second-order valence-electron chi connectivity index (χ2n) is 5.97. The minimum atomic E-state index is -4.59. The molecule has 1 aromatic heterocycles. The van der Waals surface area contributed by atoms with Crippen molar-refractivity contribution >= 4 is 28.5 Å². The van der Waals surface area contributed by atoms with E-state index in [4.69, 9.17) is 14.2 Å². The average Bonchev–Trinajstić information content (AvgIpc) is 2.71. The number of fused-ring (bicyclic) bond motifs is 1. The standard InChI is InChI=1S/C19H16F3N3O5/c1-28-13-7-10(8-14(29-2)16(13)30-3)23-17-15(18(26)27)24-12-6-9(19(20,21)22)4-5-11(12)25-17/h4-8H,1-3H3,(H,23,25)(H,26,27). The fourth-order valence-corrected chi connectivity index (χ4v) is 2.76. The van der Waals surface area contributed by atoms with E-state index in [-0.39, 0.29) is 16.9 Å². The number of anilines is 2. The number of rotatable bonds is 6. The first kappa shape index (κ1) is 21.0. The lowest BCUT2D eigenvalue weighted by atomic mass is 10.2. The number of nitrogens with one attached hydrogen (secondary N) is 1. The highest BCUT2D eigenvalue weighted by Crippen LogP contribution is 2.41. The number of halogens is 3. The maximum absolute atomic E-state index is 12.9. The van der Waals surface area contributed by atoms with Gasteiger partial charge in [0, 0.05) is 17.8 Å². The van der Waals surface area contributed by atoms with E-state index in [1.54, 1.807) is 0 Å². The number of carboxylic acid groups (broad SMARTS) is 1. The van der Waals surface area contributed by atoms with Gasteiger partial charge in [-0.05, 0) is 18.2 Å². The van der Waals surface area contributed by atoms with E-state index >= 15 is 0 Å². The molecule has 2 aromatic carbocycles. The number of alkyl halides is 3. The maximum atomic E-state index is 12.9. The van der Waals surface area contributed by atoms with Crippen molar-refractivity contribution in [3.63, 3.8) is 0 Å². The Morgan fingerprint density at radius 1 is 0.967 bits per heavy atom. The van der Waals surface area contributed by atoms with Crippen LogP contribution in [0.3, 0.4) is 0 Å². The molecule has 0 aliphatic rings. The van der Waals surface area contributed by atoms with Crippen LogP contribution in [0.2, 0.25) is 0 Å². The highest BCUT2D eigenvalue weighted by atomic mass is 19.4. The van der Waals surface area contributed by atoms with Crippen molar-refractivity contribution in [3.8, 4) is 17.2 Å². The summed E-state index contributed by atoms with van der Waals surface area (Å²) in [5.41, 5.74) is -1.27. The van der Waals surface area contributed by atoms with Crippen LogP contribution in [0.15, 0.2) is 30.3 Å². The van der Waals surface area contributed by atoms with E-state index in [2.05, 4.69) is 15.3 Å². The van der Waals surface area contributed by atoms with Crippen LogP contribution in [0.1, 0.15) is 16.1 Å². The number of aromatic nitrogens is 2. The third-order valence-corrected chi connectivity index (χ3v) is 4.12. The van der Waals surface area contributed by atoms with Crippen molar-refractivity contribution in [1.82, 2.24) is 9.97 Å². The predicted octanol–water partition coefficient (Wildman–Crippen LogP) is 4.12. The lowest BCUT2D eigenvalue weighted by Gasteiger charge is -2.16. The summed E-state index contributed by atoms with van der Waals surface area (Å²) in [5, 5.41) is 12.3. The van der Waals surface area contributed by atoms with Crippen LogP contribution in [0.25, 0.3) is 11.0 Å². The summed E-state index contributed by atoms with van der Waals surface area (Å²) in [4.78, 5) is 19.6. The molecule has 0 amide bonds. The molecule has 0 saturated carbocycles. The normalized spacial score (nSPS) is 11.3. The zero-order valence-electron chi connectivity index (χ0n) is 16.0. The lowest BCUT2D eigenvalue weighted by Crippen LogP contribution is -2.10. The summed E-state index contributed by atoms with van der Waals surface area (Å²) < 4.78 is 54.5. The molecule has 0 radical (unpaired) electrons. The topological polar surface area (TPSA) is 103 Å². The molecule has 0 atom stereocenters. The smallest absolute Gasteiger partial charge is 0.416 e. The summed E-state index contributed by atoms with van der Waals surface area (Å²) >= 11 is 0. The lowest BCUT2D eigenvalue weighted by molar-refractivity contribution is -0.137. The molecule has 0 unspecified atom stereocenters. The third-order valence-electron chi connectivity index (χ3n) is 4.12. The summed E-state index contributed by atoms with van der Waals surface area (Å²) in [6.45, 7) is 0. The molecular formula is C19H16F3N3O5. The van der Waals surface area contributed by atoms with E-state index in [9.17, 15) is 23.1 Å². The van der Waals surface area contributed by atoms with E-state index in [0.29, 0.717) is 22.9 Å². The molecule has 2 N–H and O–H groups in total. The minimum Gasteiger partial charge on any atom is -0.493 e. The van der Waals surface area contributed by atoms with Gasteiger partial charge in [0.1, 0.15) is 0 Å². The van der Waals surface area contributed by atoms with Gasteiger partial charge in [-0.1, -0.05) is 0 Å². The van der Waals surface area contributed by atoms with Crippen molar-refractivity contribution in [2.45, 2.75) is 6.18 Å². The van der Waals surface area contributed by atoms with Gasteiger partial charge in [0.15, 0.2) is 23.0 Å². The molecule has 0 spiro atoms. The molecule has 0 aliphatic carbocycles. The fourth-order valence-electron chi connectivity index (χ4n) is 2.76. The molecule has 3 aromatic rings. The van der Waals surface area contributed by atoms with Crippen LogP contribution in [-0.4, -0.2) is 42.4 Å². The van der Waals surface area contributed by atoms with E-state index in [0.717, 1.165) is 18.2 Å². The molecule has 0 saturated heterocycles. The molecule has 0 aliphatic heterocycles. The highest BCUT2D eigenvalue weighted by molar-refractivity contribution is 5.95. The Kier molecular flexibility index (Phi) is 5.54. The maximum Gasteiger partial charge on any atom is 0.416 e. The van der Waals surface area contributed by atoms with Crippen molar-refractivity contribution in [2.24, 2.45) is 0 Å². The van der Waals surface area contributed by atoms with Gasteiger partial charge >= 0.3 is 12.1 Å². The average molecular weight is 423 g/mol. The van der Waals surface area contributed by atoms with Gasteiger partial charge in [-0.3, -0.25) is 0 Å². The summed E-state index contributed by atoms with van der Waals surface area (Å²) in [5.74, 6) is -0.686. The Morgan fingerprint density at radius 2 is 1.60 bits per heavy atom. The quantitative estimate of drug-likeness (QED) is 0.611. The second-order valence-corrected chi connectivity index (χ2v) is 5.97. The van der Waals surface area contributed by atoms with Crippen LogP contribution in [-0.2, 0) is 6.18 Å². The van der Waals surface area contributed by atoms with Crippen molar-refractivity contribution in [3.05, 3.63) is 41.6 Å². The molecule has 158 valence electrons. The summed E-state index contributed by atoms with van der Waals surface area (Å²) in [6, 6.07) is 5.76. The Labute approximate surface area is 168 Å². The molecule has 0 fully saturated rings. The van der Waals surface area contributed by atoms with Crippen LogP contribution in [0.5, 0.6) is 17.2 Å². The first-order chi connectivity index (χ1) is 14.2. The van der Waals surface area contributed by atoms with E-state index in [1.165, 1.54) is 33.5 Å². The van der Waals surface area contributed by atoms with Gasteiger partial charge in [0.25, 0.3) is 0 Å². The van der Waals surface area contributed by atoms with Crippen LogP contribution in [0.4, 0.5) is 24.7 Å². The molecule has 30 heavy (non-hydrogen) atoms. The molecule has 1 heterocycles. The fraction of sp³-hybridized carbons (Fsp3) is 0.211. The van der Waals surface area contributed by atoms with E-state index in [1.807, 2.05) is 0 Å². The molecular weight excluding hydrogens is 407 g/mol. The second kappa shape index (κ2) is 7.93. The van der Waals surface area contributed by atoms with Gasteiger partial charge in [-0.2, -0.15) is 13.2 Å². The Hall–Kier alpha value is -3.76. The number of benzene rings is 2. The van der Waals surface area contributed by atoms with Crippen molar-refractivity contribution in [1.29, 1.82) is 0 Å². The molecule has 8 nitrogen and oxygen atoms in total. The summed E-state index contributed by atoms with van der Waals surface area (Å²) in [7, 11) is 4.26. The largest absolute Gasteiger partial charge is 0.493 e. The van der Waals surface area contributed by atoms with Crippen molar-refractivity contribution in [2.75, 3.05) is 26.6 Å². The number of hydrogen-bond donors (Lipinski definition) is 2. The molecule has 11 heteroatoms. The van der Waals surface area contributed by atoms with Crippen LogP contribution < -0.4 is 19.5 Å².